The van der Waals surface area contributed by atoms with Gasteiger partial charge in [-0.05, 0) is 24.8 Å². The first-order valence-electron chi connectivity index (χ1n) is 8.47. The summed E-state index contributed by atoms with van der Waals surface area (Å²) < 4.78 is 5.04. The fourth-order valence-corrected chi connectivity index (χ4v) is 3.31. The van der Waals surface area contributed by atoms with E-state index in [1.807, 2.05) is 4.90 Å². The Bertz CT molecular complexity index is 679. The van der Waals surface area contributed by atoms with Gasteiger partial charge in [0.05, 0.1) is 17.4 Å². The molecular weight excluding hydrogens is 308 g/mol. The van der Waals surface area contributed by atoms with Crippen LogP contribution in [0, 0.1) is 16.0 Å². The monoisotopic (exact) mass is 330 g/mol. The summed E-state index contributed by atoms with van der Waals surface area (Å²) in [6.45, 7) is 3.81. The Labute approximate surface area is 140 Å². The number of hydrogen-bond donors (Lipinski definition) is 0. The highest BCUT2D eigenvalue weighted by Gasteiger charge is 2.30. The summed E-state index contributed by atoms with van der Waals surface area (Å²) in [4.78, 5) is 21.6. The lowest BCUT2D eigenvalue weighted by molar-refractivity contribution is -0.383. The predicted molar refractivity (Wildman–Crippen MR) is 90.9 cm³/mol. The van der Waals surface area contributed by atoms with Crippen LogP contribution < -0.4 is 4.90 Å². The second-order valence-electron chi connectivity index (χ2n) is 6.24. The maximum absolute atomic E-state index is 11.7. The Kier molecular flexibility index (Phi) is 5.08. The van der Waals surface area contributed by atoms with Gasteiger partial charge in [0, 0.05) is 18.7 Å². The molecule has 0 spiro atoms. The van der Waals surface area contributed by atoms with E-state index in [1.165, 1.54) is 38.1 Å². The van der Waals surface area contributed by atoms with Crippen LogP contribution in [0.5, 0.6) is 0 Å². The Morgan fingerprint density at radius 2 is 2.17 bits per heavy atom. The van der Waals surface area contributed by atoms with Gasteiger partial charge in [-0.2, -0.15) is 0 Å². The SMILES string of the molecule is CCCCC1CCN(c2ncnc(-c3ccoc3)c2[N+](=O)[O-])CC1. The molecule has 0 N–H and O–H groups in total. The Hall–Kier alpha value is -2.44. The zero-order valence-electron chi connectivity index (χ0n) is 13.9. The second-order valence-corrected chi connectivity index (χ2v) is 6.24. The molecule has 3 rings (SSSR count). The van der Waals surface area contributed by atoms with E-state index in [0.717, 1.165) is 31.8 Å². The molecule has 1 aliphatic rings. The predicted octanol–water partition coefficient (Wildman–Crippen LogP) is 4.05. The summed E-state index contributed by atoms with van der Waals surface area (Å²) in [6, 6.07) is 1.68. The number of anilines is 1. The van der Waals surface area contributed by atoms with Crippen LogP contribution in [0.25, 0.3) is 11.3 Å². The van der Waals surface area contributed by atoms with Crippen LogP contribution in [-0.2, 0) is 0 Å². The molecule has 2 aromatic heterocycles. The first-order chi connectivity index (χ1) is 11.7. The van der Waals surface area contributed by atoms with Gasteiger partial charge in [0.1, 0.15) is 6.33 Å². The molecule has 7 nitrogen and oxygen atoms in total. The molecule has 0 bridgehead atoms. The molecule has 7 heteroatoms. The van der Waals surface area contributed by atoms with Crippen LogP contribution in [0.2, 0.25) is 0 Å². The van der Waals surface area contributed by atoms with Crippen LogP contribution >= 0.6 is 0 Å². The summed E-state index contributed by atoms with van der Waals surface area (Å²) in [5, 5.41) is 11.7. The van der Waals surface area contributed by atoms with Crippen molar-refractivity contribution in [2.45, 2.75) is 39.0 Å². The highest BCUT2D eigenvalue weighted by molar-refractivity contribution is 5.76. The molecule has 0 aromatic carbocycles. The van der Waals surface area contributed by atoms with Crippen LogP contribution in [0.4, 0.5) is 11.5 Å². The third-order valence-electron chi connectivity index (χ3n) is 4.66. The maximum atomic E-state index is 11.7. The van der Waals surface area contributed by atoms with E-state index in [9.17, 15) is 10.1 Å². The fourth-order valence-electron chi connectivity index (χ4n) is 3.31. The molecule has 0 unspecified atom stereocenters. The summed E-state index contributed by atoms with van der Waals surface area (Å²) in [6.07, 6.45) is 10.2. The lowest BCUT2D eigenvalue weighted by atomic mass is 9.91. The van der Waals surface area contributed by atoms with Crippen LogP contribution in [0.1, 0.15) is 39.0 Å². The maximum Gasteiger partial charge on any atom is 0.337 e. The van der Waals surface area contributed by atoms with Crippen LogP contribution in [0.3, 0.4) is 0 Å². The largest absolute Gasteiger partial charge is 0.472 e. The molecule has 3 heterocycles. The molecule has 1 saturated heterocycles. The van der Waals surface area contributed by atoms with Gasteiger partial charge in [-0.3, -0.25) is 10.1 Å². The molecule has 24 heavy (non-hydrogen) atoms. The van der Waals surface area contributed by atoms with Gasteiger partial charge in [0.2, 0.25) is 5.82 Å². The van der Waals surface area contributed by atoms with Crippen molar-refractivity contribution in [3.05, 3.63) is 35.0 Å². The van der Waals surface area contributed by atoms with Gasteiger partial charge in [-0.1, -0.05) is 26.2 Å². The van der Waals surface area contributed by atoms with E-state index in [-0.39, 0.29) is 10.6 Å². The molecule has 128 valence electrons. The van der Waals surface area contributed by atoms with Crippen LogP contribution in [-0.4, -0.2) is 28.0 Å². The van der Waals surface area contributed by atoms with Gasteiger partial charge in [-0.15, -0.1) is 0 Å². The lowest BCUT2D eigenvalue weighted by Crippen LogP contribution is -2.34. The quantitative estimate of drug-likeness (QED) is 0.586. The van der Waals surface area contributed by atoms with E-state index in [2.05, 4.69) is 16.9 Å². The number of nitrogens with zero attached hydrogens (tertiary/aromatic N) is 4. The number of unbranched alkanes of at least 4 members (excludes halogenated alkanes) is 1. The van der Waals surface area contributed by atoms with Crippen molar-refractivity contribution >= 4 is 11.5 Å². The number of rotatable bonds is 6. The third kappa shape index (κ3) is 3.39. The number of aromatic nitrogens is 2. The normalized spacial score (nSPS) is 15.6. The number of piperidine rings is 1. The van der Waals surface area contributed by atoms with Crippen molar-refractivity contribution in [1.82, 2.24) is 9.97 Å². The van der Waals surface area contributed by atoms with Crippen molar-refractivity contribution in [3.8, 4) is 11.3 Å². The lowest BCUT2D eigenvalue weighted by Gasteiger charge is -2.32. The van der Waals surface area contributed by atoms with Gasteiger partial charge in [-0.25, -0.2) is 9.97 Å². The Morgan fingerprint density at radius 3 is 2.79 bits per heavy atom. The Balaban J connectivity index is 1.84. The molecular formula is C17H22N4O3. The van der Waals surface area contributed by atoms with E-state index in [0.29, 0.717) is 17.1 Å². The number of nitro groups is 1. The first kappa shape index (κ1) is 16.4. The summed E-state index contributed by atoms with van der Waals surface area (Å²) in [5.41, 5.74) is 0.876. The van der Waals surface area contributed by atoms with Gasteiger partial charge in [0.25, 0.3) is 0 Å². The van der Waals surface area contributed by atoms with Crippen molar-refractivity contribution in [1.29, 1.82) is 0 Å². The minimum atomic E-state index is -0.388. The molecule has 0 atom stereocenters. The highest BCUT2D eigenvalue weighted by atomic mass is 16.6. The van der Waals surface area contributed by atoms with Crippen LogP contribution in [0.15, 0.2) is 29.3 Å². The molecule has 0 amide bonds. The van der Waals surface area contributed by atoms with Crippen molar-refractivity contribution in [2.75, 3.05) is 18.0 Å². The zero-order valence-corrected chi connectivity index (χ0v) is 13.9. The smallest absolute Gasteiger partial charge is 0.337 e. The summed E-state index contributed by atoms with van der Waals surface area (Å²) in [7, 11) is 0. The van der Waals surface area contributed by atoms with E-state index >= 15 is 0 Å². The van der Waals surface area contributed by atoms with Crippen molar-refractivity contribution in [3.63, 3.8) is 0 Å². The standard InChI is InChI=1S/C17H22N4O3/c1-2-3-4-13-5-8-20(9-6-13)17-16(21(22)23)15(18-12-19-17)14-7-10-24-11-14/h7,10-13H,2-6,8-9H2,1H3. The third-order valence-corrected chi connectivity index (χ3v) is 4.66. The molecule has 0 saturated carbocycles. The first-order valence-corrected chi connectivity index (χ1v) is 8.47. The average molecular weight is 330 g/mol. The minimum absolute atomic E-state index is 0.0362. The van der Waals surface area contributed by atoms with Gasteiger partial charge >= 0.3 is 5.69 Å². The molecule has 0 radical (unpaired) electrons. The highest BCUT2D eigenvalue weighted by Crippen LogP contribution is 2.36. The minimum Gasteiger partial charge on any atom is -0.472 e. The molecule has 1 fully saturated rings. The molecule has 2 aromatic rings. The summed E-state index contributed by atoms with van der Waals surface area (Å²) in [5.74, 6) is 1.13. The average Bonchev–Trinajstić information content (AvgIpc) is 3.14. The number of furan rings is 1. The van der Waals surface area contributed by atoms with Crippen molar-refractivity contribution in [2.24, 2.45) is 5.92 Å². The summed E-state index contributed by atoms with van der Waals surface area (Å²) >= 11 is 0. The van der Waals surface area contributed by atoms with E-state index in [4.69, 9.17) is 4.42 Å². The fraction of sp³-hybridized carbons (Fsp3) is 0.529. The Morgan fingerprint density at radius 1 is 1.38 bits per heavy atom. The molecule has 0 aliphatic carbocycles. The second kappa shape index (κ2) is 7.42. The van der Waals surface area contributed by atoms with Gasteiger partial charge in [0.15, 0.2) is 5.69 Å². The van der Waals surface area contributed by atoms with Crippen molar-refractivity contribution < 1.29 is 9.34 Å². The number of hydrogen-bond acceptors (Lipinski definition) is 6. The van der Waals surface area contributed by atoms with E-state index < -0.39 is 0 Å². The molecule has 1 aliphatic heterocycles. The van der Waals surface area contributed by atoms with E-state index in [1.54, 1.807) is 6.07 Å². The van der Waals surface area contributed by atoms with Gasteiger partial charge < -0.3 is 9.32 Å². The zero-order chi connectivity index (χ0) is 16.9. The topological polar surface area (TPSA) is 85.3 Å².